The lowest BCUT2D eigenvalue weighted by atomic mass is 10.2. The van der Waals surface area contributed by atoms with Crippen molar-refractivity contribution in [2.75, 3.05) is 12.3 Å². The summed E-state index contributed by atoms with van der Waals surface area (Å²) in [7, 11) is 0. The van der Waals surface area contributed by atoms with E-state index in [0.717, 1.165) is 19.4 Å². The van der Waals surface area contributed by atoms with Crippen molar-refractivity contribution in [1.82, 2.24) is 15.3 Å². The molecule has 1 amide bonds. The Balaban J connectivity index is 2.15. The molecule has 1 aromatic rings. The first kappa shape index (κ1) is 14.8. The van der Waals surface area contributed by atoms with Crippen LogP contribution in [-0.2, 0) is 4.79 Å². The molecule has 0 spiro atoms. The molecule has 0 saturated carbocycles. The third kappa shape index (κ3) is 6.44. The molecule has 1 heterocycles. The molecular weight excluding hydrogens is 250 g/mol. The van der Waals surface area contributed by atoms with Crippen molar-refractivity contribution in [3.05, 3.63) is 22.6 Å². The van der Waals surface area contributed by atoms with E-state index in [2.05, 4.69) is 22.2 Å². The van der Waals surface area contributed by atoms with Gasteiger partial charge >= 0.3 is 0 Å². The van der Waals surface area contributed by atoms with Gasteiger partial charge in [0.05, 0.1) is 5.75 Å². The van der Waals surface area contributed by atoms with Gasteiger partial charge in [-0.25, -0.2) is 4.98 Å². The smallest absolute Gasteiger partial charge is 0.251 e. The molecule has 0 atom stereocenters. The molecule has 5 nitrogen and oxygen atoms in total. The zero-order chi connectivity index (χ0) is 13.2. The number of unbranched alkanes of at least 4 members (excludes halogenated alkanes) is 3. The second-order valence-electron chi connectivity index (χ2n) is 3.94. The van der Waals surface area contributed by atoms with Gasteiger partial charge in [-0.3, -0.25) is 9.59 Å². The van der Waals surface area contributed by atoms with Crippen molar-refractivity contribution in [3.63, 3.8) is 0 Å². The third-order valence-electron chi connectivity index (χ3n) is 2.34. The maximum atomic E-state index is 11.5. The van der Waals surface area contributed by atoms with Gasteiger partial charge in [0.15, 0.2) is 5.16 Å². The standard InChI is InChI=1S/C12H19N3O2S/c1-2-3-4-5-7-13-11(17)9-18-12-14-8-6-10(16)15-12/h6,8H,2-5,7,9H2,1H3,(H,13,17)(H,14,15,16). The zero-order valence-corrected chi connectivity index (χ0v) is 11.4. The Morgan fingerprint density at radius 3 is 3.00 bits per heavy atom. The van der Waals surface area contributed by atoms with E-state index in [1.165, 1.54) is 36.9 Å². The Hall–Kier alpha value is -1.30. The number of carbonyl (C=O) groups is 1. The van der Waals surface area contributed by atoms with Crippen LogP contribution in [0.5, 0.6) is 0 Å². The minimum atomic E-state index is -0.201. The minimum absolute atomic E-state index is 0.0250. The van der Waals surface area contributed by atoms with Crippen molar-refractivity contribution >= 4 is 17.7 Å². The fourth-order valence-electron chi connectivity index (χ4n) is 1.39. The molecule has 0 aromatic carbocycles. The van der Waals surface area contributed by atoms with Crippen LogP contribution in [0, 0.1) is 0 Å². The highest BCUT2D eigenvalue weighted by atomic mass is 32.2. The lowest BCUT2D eigenvalue weighted by molar-refractivity contribution is -0.118. The van der Waals surface area contributed by atoms with Gasteiger partial charge in [0.1, 0.15) is 0 Å². The summed E-state index contributed by atoms with van der Waals surface area (Å²) in [5.74, 6) is 0.254. The summed E-state index contributed by atoms with van der Waals surface area (Å²) >= 11 is 1.23. The number of carbonyl (C=O) groups excluding carboxylic acids is 1. The van der Waals surface area contributed by atoms with Crippen molar-refractivity contribution in [2.45, 2.75) is 37.8 Å². The number of thioether (sulfide) groups is 1. The molecule has 100 valence electrons. The van der Waals surface area contributed by atoms with Gasteiger partial charge in [0.25, 0.3) is 5.56 Å². The van der Waals surface area contributed by atoms with E-state index in [0.29, 0.717) is 5.16 Å². The predicted molar refractivity (Wildman–Crippen MR) is 72.7 cm³/mol. The maximum Gasteiger partial charge on any atom is 0.251 e. The normalized spacial score (nSPS) is 10.3. The molecule has 6 heteroatoms. The van der Waals surface area contributed by atoms with Crippen LogP contribution in [0.3, 0.4) is 0 Å². The molecular formula is C12H19N3O2S. The molecule has 18 heavy (non-hydrogen) atoms. The zero-order valence-electron chi connectivity index (χ0n) is 10.6. The SMILES string of the molecule is CCCCCCNC(=O)CSc1nccc(=O)[nH]1. The number of H-pyrrole nitrogens is 1. The summed E-state index contributed by atoms with van der Waals surface area (Å²) in [6.45, 7) is 2.88. The van der Waals surface area contributed by atoms with Crippen molar-refractivity contribution < 1.29 is 4.79 Å². The van der Waals surface area contributed by atoms with Crippen molar-refractivity contribution in [2.24, 2.45) is 0 Å². The maximum absolute atomic E-state index is 11.5. The first-order valence-electron chi connectivity index (χ1n) is 6.17. The van der Waals surface area contributed by atoms with Gasteiger partial charge in [-0.2, -0.15) is 0 Å². The molecule has 0 aliphatic rings. The van der Waals surface area contributed by atoms with E-state index in [4.69, 9.17) is 0 Å². The topological polar surface area (TPSA) is 74.8 Å². The van der Waals surface area contributed by atoms with Gasteiger partial charge in [-0.05, 0) is 6.42 Å². The number of hydrogen-bond donors (Lipinski definition) is 2. The van der Waals surface area contributed by atoms with Crippen LogP contribution in [0.1, 0.15) is 32.6 Å². The molecule has 2 N–H and O–H groups in total. The quantitative estimate of drug-likeness (QED) is 0.426. The third-order valence-corrected chi connectivity index (χ3v) is 3.23. The van der Waals surface area contributed by atoms with E-state index in [1.54, 1.807) is 0 Å². The average Bonchev–Trinajstić information content (AvgIpc) is 2.36. The minimum Gasteiger partial charge on any atom is -0.355 e. The summed E-state index contributed by atoms with van der Waals surface area (Å²) in [5.41, 5.74) is -0.201. The highest BCUT2D eigenvalue weighted by Crippen LogP contribution is 2.08. The Morgan fingerprint density at radius 2 is 2.28 bits per heavy atom. The Kier molecular flexibility index (Phi) is 7.17. The average molecular weight is 269 g/mol. The Morgan fingerprint density at radius 1 is 1.44 bits per heavy atom. The second-order valence-corrected chi connectivity index (χ2v) is 4.90. The number of rotatable bonds is 8. The van der Waals surface area contributed by atoms with E-state index >= 15 is 0 Å². The summed E-state index contributed by atoms with van der Waals surface area (Å²) in [5, 5.41) is 3.32. The van der Waals surface area contributed by atoms with Gasteiger partial charge in [0.2, 0.25) is 5.91 Å². The summed E-state index contributed by atoms with van der Waals surface area (Å²) in [6, 6.07) is 1.35. The number of amides is 1. The Labute approximate surface area is 111 Å². The molecule has 0 aliphatic carbocycles. The van der Waals surface area contributed by atoms with Crippen LogP contribution in [0.25, 0.3) is 0 Å². The largest absolute Gasteiger partial charge is 0.355 e. The fourth-order valence-corrected chi connectivity index (χ4v) is 2.07. The number of aromatic nitrogens is 2. The fraction of sp³-hybridized carbons (Fsp3) is 0.583. The molecule has 0 unspecified atom stereocenters. The Bertz CT molecular complexity index is 420. The van der Waals surface area contributed by atoms with Crippen molar-refractivity contribution in [1.29, 1.82) is 0 Å². The van der Waals surface area contributed by atoms with Crippen LogP contribution >= 0.6 is 11.8 Å². The van der Waals surface area contributed by atoms with E-state index in [9.17, 15) is 9.59 Å². The van der Waals surface area contributed by atoms with Crippen LogP contribution in [0.4, 0.5) is 0 Å². The van der Waals surface area contributed by atoms with E-state index < -0.39 is 0 Å². The summed E-state index contributed by atoms with van der Waals surface area (Å²) in [6.07, 6.45) is 6.00. The number of nitrogens with one attached hydrogen (secondary N) is 2. The molecule has 0 bridgehead atoms. The van der Waals surface area contributed by atoms with E-state index in [1.807, 2.05) is 0 Å². The predicted octanol–water partition coefficient (Wildman–Crippen LogP) is 1.56. The molecule has 0 saturated heterocycles. The van der Waals surface area contributed by atoms with Crippen LogP contribution in [0.2, 0.25) is 0 Å². The number of hydrogen-bond acceptors (Lipinski definition) is 4. The number of nitrogens with zero attached hydrogens (tertiary/aromatic N) is 1. The molecule has 0 aliphatic heterocycles. The molecule has 0 radical (unpaired) electrons. The second kappa shape index (κ2) is 8.74. The number of aromatic amines is 1. The molecule has 1 rings (SSSR count). The van der Waals surface area contributed by atoms with Gasteiger partial charge in [-0.1, -0.05) is 37.9 Å². The highest BCUT2D eigenvalue weighted by Gasteiger charge is 2.03. The lowest BCUT2D eigenvalue weighted by Crippen LogP contribution is -2.26. The van der Waals surface area contributed by atoms with Gasteiger partial charge in [0, 0.05) is 18.8 Å². The van der Waals surface area contributed by atoms with E-state index in [-0.39, 0.29) is 17.2 Å². The van der Waals surface area contributed by atoms with Crippen LogP contribution in [-0.4, -0.2) is 28.2 Å². The van der Waals surface area contributed by atoms with Crippen LogP contribution in [0.15, 0.2) is 22.2 Å². The first-order valence-corrected chi connectivity index (χ1v) is 7.15. The van der Waals surface area contributed by atoms with Gasteiger partial charge < -0.3 is 10.3 Å². The molecule has 1 aromatic heterocycles. The summed E-state index contributed by atoms with van der Waals surface area (Å²) in [4.78, 5) is 29.0. The molecule has 0 fully saturated rings. The van der Waals surface area contributed by atoms with Gasteiger partial charge in [-0.15, -0.1) is 0 Å². The first-order chi connectivity index (χ1) is 8.72. The lowest BCUT2D eigenvalue weighted by Gasteiger charge is -2.04. The monoisotopic (exact) mass is 269 g/mol. The summed E-state index contributed by atoms with van der Waals surface area (Å²) < 4.78 is 0. The highest BCUT2D eigenvalue weighted by molar-refractivity contribution is 7.99. The van der Waals surface area contributed by atoms with Crippen molar-refractivity contribution in [3.8, 4) is 0 Å². The van der Waals surface area contributed by atoms with Crippen LogP contribution < -0.4 is 10.9 Å².